The van der Waals surface area contributed by atoms with Gasteiger partial charge in [-0.15, -0.1) is 0 Å². The van der Waals surface area contributed by atoms with Crippen LogP contribution < -0.4 is 5.32 Å². The average molecular weight is 369 g/mol. The molecule has 4 heteroatoms. The molecule has 146 valence electrons. The number of benzene rings is 1. The molecule has 1 atom stereocenters. The Kier molecular flexibility index (Phi) is 7.99. The third-order valence-electron chi connectivity index (χ3n) is 4.76. The number of hydrogen-bond acceptors (Lipinski definition) is 3. The SMILES string of the molecule is CC(C)(C)c1ccc(CCCCC(=O)NC(CO)Cc2ccncc2)cc1. The van der Waals surface area contributed by atoms with E-state index in [1.165, 1.54) is 11.1 Å². The Morgan fingerprint density at radius 3 is 2.30 bits per heavy atom. The predicted octanol–water partition coefficient (Wildman–Crippen LogP) is 3.81. The van der Waals surface area contributed by atoms with Gasteiger partial charge in [-0.2, -0.15) is 0 Å². The molecule has 2 N–H and O–H groups in total. The van der Waals surface area contributed by atoms with Gasteiger partial charge in [0.05, 0.1) is 12.6 Å². The van der Waals surface area contributed by atoms with E-state index in [1.807, 2.05) is 12.1 Å². The van der Waals surface area contributed by atoms with Crippen LogP contribution >= 0.6 is 0 Å². The van der Waals surface area contributed by atoms with Crippen LogP contribution in [0.2, 0.25) is 0 Å². The lowest BCUT2D eigenvalue weighted by molar-refractivity contribution is -0.122. The van der Waals surface area contributed by atoms with Crippen LogP contribution in [0.4, 0.5) is 0 Å². The van der Waals surface area contributed by atoms with Gasteiger partial charge in [0, 0.05) is 18.8 Å². The second-order valence-corrected chi connectivity index (χ2v) is 8.16. The van der Waals surface area contributed by atoms with Crippen molar-refractivity contribution in [2.24, 2.45) is 0 Å². The van der Waals surface area contributed by atoms with Gasteiger partial charge in [0.1, 0.15) is 0 Å². The maximum absolute atomic E-state index is 12.1. The van der Waals surface area contributed by atoms with Crippen molar-refractivity contribution in [3.05, 3.63) is 65.5 Å². The van der Waals surface area contributed by atoms with Crippen molar-refractivity contribution in [3.8, 4) is 0 Å². The molecule has 1 aromatic heterocycles. The van der Waals surface area contributed by atoms with Gasteiger partial charge < -0.3 is 10.4 Å². The first-order valence-electron chi connectivity index (χ1n) is 9.77. The molecule has 2 rings (SSSR count). The molecule has 0 bridgehead atoms. The molecule has 2 aromatic rings. The number of carbonyl (C=O) groups excluding carboxylic acids is 1. The predicted molar refractivity (Wildman–Crippen MR) is 110 cm³/mol. The maximum Gasteiger partial charge on any atom is 0.220 e. The number of nitrogens with zero attached hydrogens (tertiary/aromatic N) is 1. The van der Waals surface area contributed by atoms with Crippen molar-refractivity contribution >= 4 is 5.91 Å². The van der Waals surface area contributed by atoms with Crippen molar-refractivity contribution in [1.29, 1.82) is 0 Å². The smallest absolute Gasteiger partial charge is 0.220 e. The van der Waals surface area contributed by atoms with Gasteiger partial charge in [-0.25, -0.2) is 0 Å². The normalized spacial score (nSPS) is 12.6. The number of nitrogens with one attached hydrogen (secondary N) is 1. The molecule has 1 amide bonds. The molecule has 0 aliphatic heterocycles. The molecular weight excluding hydrogens is 336 g/mol. The fourth-order valence-corrected chi connectivity index (χ4v) is 3.05. The summed E-state index contributed by atoms with van der Waals surface area (Å²) in [4.78, 5) is 16.1. The first kappa shape index (κ1) is 21.1. The van der Waals surface area contributed by atoms with E-state index in [0.717, 1.165) is 24.8 Å². The summed E-state index contributed by atoms with van der Waals surface area (Å²) in [6.45, 7) is 6.59. The van der Waals surface area contributed by atoms with E-state index in [1.54, 1.807) is 12.4 Å². The van der Waals surface area contributed by atoms with Crippen LogP contribution in [-0.2, 0) is 23.1 Å². The molecule has 1 unspecified atom stereocenters. The van der Waals surface area contributed by atoms with Crippen LogP contribution in [0.1, 0.15) is 56.7 Å². The van der Waals surface area contributed by atoms with Crippen molar-refractivity contribution in [3.63, 3.8) is 0 Å². The molecule has 1 heterocycles. The lowest BCUT2D eigenvalue weighted by Gasteiger charge is -2.19. The topological polar surface area (TPSA) is 62.2 Å². The Morgan fingerprint density at radius 2 is 1.70 bits per heavy atom. The first-order valence-corrected chi connectivity index (χ1v) is 9.77. The van der Waals surface area contributed by atoms with E-state index < -0.39 is 0 Å². The zero-order valence-electron chi connectivity index (χ0n) is 16.7. The van der Waals surface area contributed by atoms with E-state index in [4.69, 9.17) is 0 Å². The highest BCUT2D eigenvalue weighted by molar-refractivity contribution is 5.76. The number of aryl methyl sites for hydroxylation is 1. The van der Waals surface area contributed by atoms with Crippen LogP contribution in [0.5, 0.6) is 0 Å². The highest BCUT2D eigenvalue weighted by Gasteiger charge is 2.13. The van der Waals surface area contributed by atoms with Crippen LogP contribution in [0, 0.1) is 0 Å². The summed E-state index contributed by atoms with van der Waals surface area (Å²) in [5.74, 6) is 0.00573. The van der Waals surface area contributed by atoms with Gasteiger partial charge in [-0.1, -0.05) is 45.0 Å². The Hall–Kier alpha value is -2.20. The number of pyridine rings is 1. The summed E-state index contributed by atoms with van der Waals surface area (Å²) in [6, 6.07) is 12.3. The quantitative estimate of drug-likeness (QED) is 0.662. The fourth-order valence-electron chi connectivity index (χ4n) is 3.05. The molecule has 0 aliphatic rings. The van der Waals surface area contributed by atoms with Gasteiger partial charge in [0.25, 0.3) is 0 Å². The highest BCUT2D eigenvalue weighted by atomic mass is 16.3. The number of hydrogen-bond donors (Lipinski definition) is 2. The number of aromatic nitrogens is 1. The lowest BCUT2D eigenvalue weighted by atomic mass is 9.86. The van der Waals surface area contributed by atoms with E-state index in [-0.39, 0.29) is 24.0 Å². The monoisotopic (exact) mass is 368 g/mol. The summed E-state index contributed by atoms with van der Waals surface area (Å²) in [7, 11) is 0. The second-order valence-electron chi connectivity index (χ2n) is 8.16. The molecule has 0 saturated heterocycles. The molecule has 1 aromatic carbocycles. The van der Waals surface area contributed by atoms with Crippen LogP contribution in [0.15, 0.2) is 48.8 Å². The first-order chi connectivity index (χ1) is 12.9. The molecule has 27 heavy (non-hydrogen) atoms. The van der Waals surface area contributed by atoms with Crippen molar-refractivity contribution < 1.29 is 9.90 Å². The summed E-state index contributed by atoms with van der Waals surface area (Å²) in [5, 5.41) is 12.4. The zero-order valence-corrected chi connectivity index (χ0v) is 16.7. The van der Waals surface area contributed by atoms with Gasteiger partial charge in [0.15, 0.2) is 0 Å². The molecule has 4 nitrogen and oxygen atoms in total. The van der Waals surface area contributed by atoms with Gasteiger partial charge in [0.2, 0.25) is 5.91 Å². The summed E-state index contributed by atoms with van der Waals surface area (Å²) < 4.78 is 0. The minimum Gasteiger partial charge on any atom is -0.394 e. The molecule has 0 spiro atoms. The van der Waals surface area contributed by atoms with E-state index in [0.29, 0.717) is 12.8 Å². The number of amides is 1. The van der Waals surface area contributed by atoms with Gasteiger partial charge in [-0.05, 0) is 59.9 Å². The molecule has 0 saturated carbocycles. The minimum absolute atomic E-state index is 0.00573. The fraction of sp³-hybridized carbons (Fsp3) is 0.478. The Morgan fingerprint density at radius 1 is 1.04 bits per heavy atom. The summed E-state index contributed by atoms with van der Waals surface area (Å²) in [5.41, 5.74) is 3.89. The molecular formula is C23H32N2O2. The highest BCUT2D eigenvalue weighted by Crippen LogP contribution is 2.22. The standard InChI is InChI=1S/C23H32N2O2/c1-23(2,3)20-10-8-18(9-11-20)6-4-5-7-22(27)25-21(17-26)16-19-12-14-24-15-13-19/h8-15,21,26H,4-7,16-17H2,1-3H3,(H,25,27). The second kappa shape index (κ2) is 10.2. The number of unbranched alkanes of at least 4 members (excludes halogenated alkanes) is 1. The summed E-state index contributed by atoms with van der Waals surface area (Å²) >= 11 is 0. The number of rotatable bonds is 9. The van der Waals surface area contributed by atoms with E-state index in [9.17, 15) is 9.90 Å². The molecule has 0 radical (unpaired) electrons. The number of aliphatic hydroxyl groups is 1. The van der Waals surface area contributed by atoms with Gasteiger partial charge >= 0.3 is 0 Å². The third kappa shape index (κ3) is 7.51. The Balaban J connectivity index is 1.69. The largest absolute Gasteiger partial charge is 0.394 e. The van der Waals surface area contributed by atoms with E-state index in [2.05, 4.69) is 55.3 Å². The number of carbonyl (C=O) groups is 1. The lowest BCUT2D eigenvalue weighted by Crippen LogP contribution is -2.39. The minimum atomic E-state index is -0.246. The Labute approximate surface area is 163 Å². The van der Waals surface area contributed by atoms with Crippen LogP contribution in [0.25, 0.3) is 0 Å². The maximum atomic E-state index is 12.1. The van der Waals surface area contributed by atoms with Crippen LogP contribution in [0.3, 0.4) is 0 Å². The Bertz CT molecular complexity index is 691. The van der Waals surface area contributed by atoms with E-state index >= 15 is 0 Å². The van der Waals surface area contributed by atoms with Gasteiger partial charge in [-0.3, -0.25) is 9.78 Å². The molecule has 0 aliphatic carbocycles. The van der Waals surface area contributed by atoms with Crippen molar-refractivity contribution in [2.75, 3.05) is 6.61 Å². The van der Waals surface area contributed by atoms with Crippen LogP contribution in [-0.4, -0.2) is 28.6 Å². The number of aliphatic hydroxyl groups excluding tert-OH is 1. The zero-order chi connectivity index (χ0) is 19.7. The van der Waals surface area contributed by atoms with Crippen molar-refractivity contribution in [1.82, 2.24) is 10.3 Å². The van der Waals surface area contributed by atoms with Crippen molar-refractivity contribution in [2.45, 2.75) is 64.3 Å². The molecule has 0 fully saturated rings. The average Bonchev–Trinajstić information content (AvgIpc) is 2.65. The summed E-state index contributed by atoms with van der Waals surface area (Å²) in [6.07, 6.45) is 7.37. The third-order valence-corrected chi connectivity index (χ3v) is 4.76.